The summed E-state index contributed by atoms with van der Waals surface area (Å²) in [7, 11) is 0. The second-order valence-electron chi connectivity index (χ2n) is 3.78. The molecule has 0 N–H and O–H groups in total. The average molecular weight is 244 g/mol. The minimum absolute atomic E-state index is 0.802. The molecule has 3 rings (SSSR count). The predicted octanol–water partition coefficient (Wildman–Crippen LogP) is 3.66. The molecule has 0 unspecified atom stereocenters. The number of hydrogen-bond donors (Lipinski definition) is 0. The number of aryl methyl sites for hydroxylation is 1. The second-order valence-corrected chi connectivity index (χ2v) is 4.57. The summed E-state index contributed by atoms with van der Waals surface area (Å²) in [5, 5.41) is 1.98. The summed E-state index contributed by atoms with van der Waals surface area (Å²) < 4.78 is 5.83. The van der Waals surface area contributed by atoms with Crippen molar-refractivity contribution in [1.82, 2.24) is 9.97 Å². The van der Waals surface area contributed by atoms with Gasteiger partial charge in [0.25, 0.3) is 0 Å². The predicted molar refractivity (Wildman–Crippen MR) is 70.5 cm³/mol. The highest BCUT2D eigenvalue weighted by atomic mass is 32.2. The highest BCUT2D eigenvalue weighted by Crippen LogP contribution is 2.32. The fraction of sp³-hybridized carbons (Fsp3) is 0.231. The van der Waals surface area contributed by atoms with Gasteiger partial charge in [-0.1, -0.05) is 19.1 Å². The molecule has 0 saturated carbocycles. The van der Waals surface area contributed by atoms with Gasteiger partial charge in [0.2, 0.25) is 0 Å². The quantitative estimate of drug-likeness (QED) is 0.509. The molecule has 0 atom stereocenters. The fourth-order valence-electron chi connectivity index (χ4n) is 1.91. The summed E-state index contributed by atoms with van der Waals surface area (Å²) >= 11 is 1.60. The fourth-order valence-corrected chi connectivity index (χ4v) is 2.43. The first kappa shape index (κ1) is 10.6. The number of thioether (sulfide) groups is 1. The van der Waals surface area contributed by atoms with E-state index in [0.29, 0.717) is 0 Å². The Morgan fingerprint density at radius 1 is 1.24 bits per heavy atom. The topological polar surface area (TPSA) is 38.9 Å². The van der Waals surface area contributed by atoms with Crippen molar-refractivity contribution >= 4 is 33.8 Å². The summed E-state index contributed by atoms with van der Waals surface area (Å²) in [4.78, 5) is 9.06. The summed E-state index contributed by atoms with van der Waals surface area (Å²) in [6, 6.07) is 7.98. The zero-order valence-electron chi connectivity index (χ0n) is 9.73. The van der Waals surface area contributed by atoms with Crippen LogP contribution in [0.2, 0.25) is 0 Å². The maximum atomic E-state index is 5.83. The van der Waals surface area contributed by atoms with Crippen molar-refractivity contribution in [2.45, 2.75) is 18.4 Å². The Bertz CT molecular complexity index is 690. The lowest BCUT2D eigenvalue weighted by Gasteiger charge is -2.00. The van der Waals surface area contributed by atoms with E-state index in [4.69, 9.17) is 4.42 Å². The van der Waals surface area contributed by atoms with Gasteiger partial charge in [-0.2, -0.15) is 0 Å². The molecule has 0 aliphatic carbocycles. The standard InChI is InChI=1S/C13H12N2OS/c1-3-10-14-11-8-6-4-5-7-9(8)16-12(11)13(15-10)17-2/h4-7H,3H2,1-2H3. The zero-order valence-corrected chi connectivity index (χ0v) is 10.5. The lowest BCUT2D eigenvalue weighted by molar-refractivity contribution is 0.651. The molecule has 0 amide bonds. The van der Waals surface area contributed by atoms with Crippen LogP contribution >= 0.6 is 11.8 Å². The van der Waals surface area contributed by atoms with Crippen LogP contribution in [0.5, 0.6) is 0 Å². The number of fused-ring (bicyclic) bond motifs is 3. The van der Waals surface area contributed by atoms with Gasteiger partial charge in [-0.15, -0.1) is 11.8 Å². The third-order valence-corrected chi connectivity index (χ3v) is 3.41. The van der Waals surface area contributed by atoms with Crippen LogP contribution < -0.4 is 0 Å². The van der Waals surface area contributed by atoms with Gasteiger partial charge in [0, 0.05) is 11.8 Å². The lowest BCUT2D eigenvalue weighted by Crippen LogP contribution is -1.94. The molecule has 0 radical (unpaired) electrons. The Labute approximate surface area is 103 Å². The third-order valence-electron chi connectivity index (χ3n) is 2.74. The monoisotopic (exact) mass is 244 g/mol. The van der Waals surface area contributed by atoms with Crippen molar-refractivity contribution < 1.29 is 4.42 Å². The summed E-state index contributed by atoms with van der Waals surface area (Å²) in [6.07, 6.45) is 2.84. The van der Waals surface area contributed by atoms with Crippen molar-refractivity contribution in [3.8, 4) is 0 Å². The van der Waals surface area contributed by atoms with E-state index in [1.54, 1.807) is 11.8 Å². The number of benzene rings is 1. The van der Waals surface area contributed by atoms with Gasteiger partial charge in [-0.3, -0.25) is 0 Å². The highest BCUT2D eigenvalue weighted by Gasteiger charge is 2.13. The third kappa shape index (κ3) is 1.60. The van der Waals surface area contributed by atoms with E-state index in [9.17, 15) is 0 Å². The van der Waals surface area contributed by atoms with E-state index in [1.807, 2.05) is 30.5 Å². The Morgan fingerprint density at radius 3 is 2.82 bits per heavy atom. The smallest absolute Gasteiger partial charge is 0.186 e. The van der Waals surface area contributed by atoms with Crippen LogP contribution in [-0.4, -0.2) is 16.2 Å². The Morgan fingerprint density at radius 2 is 2.06 bits per heavy atom. The molecule has 3 aromatic rings. The molecule has 4 heteroatoms. The van der Waals surface area contributed by atoms with E-state index in [-0.39, 0.29) is 0 Å². The van der Waals surface area contributed by atoms with Crippen LogP contribution in [0.1, 0.15) is 12.7 Å². The van der Waals surface area contributed by atoms with Gasteiger partial charge >= 0.3 is 0 Å². The van der Waals surface area contributed by atoms with Crippen LogP contribution in [0.15, 0.2) is 33.7 Å². The van der Waals surface area contributed by atoms with E-state index in [1.165, 1.54) is 0 Å². The summed E-state index contributed by atoms with van der Waals surface area (Å²) in [5.74, 6) is 0.869. The summed E-state index contributed by atoms with van der Waals surface area (Å²) in [5.41, 5.74) is 2.60. The van der Waals surface area contributed by atoms with Crippen LogP contribution in [0.3, 0.4) is 0 Å². The first-order valence-corrected chi connectivity index (χ1v) is 6.78. The average Bonchev–Trinajstić information content (AvgIpc) is 2.76. The second kappa shape index (κ2) is 4.04. The number of nitrogens with zero attached hydrogens (tertiary/aromatic N) is 2. The number of para-hydroxylation sites is 1. The first-order valence-electron chi connectivity index (χ1n) is 5.55. The molecule has 0 aliphatic heterocycles. The zero-order chi connectivity index (χ0) is 11.8. The Balaban J connectivity index is 2.47. The number of aromatic nitrogens is 2. The lowest BCUT2D eigenvalue weighted by atomic mass is 10.2. The maximum absolute atomic E-state index is 5.83. The van der Waals surface area contributed by atoms with Crippen LogP contribution in [0, 0.1) is 0 Å². The van der Waals surface area contributed by atoms with Crippen molar-refractivity contribution in [1.29, 1.82) is 0 Å². The number of furan rings is 1. The minimum atomic E-state index is 0.802. The SMILES string of the molecule is CCc1nc(SC)c2oc3ccccc3c2n1. The molecule has 2 aromatic heterocycles. The first-order chi connectivity index (χ1) is 8.33. The molecule has 3 nitrogen and oxygen atoms in total. The van der Waals surface area contributed by atoms with Crippen molar-refractivity contribution in [3.63, 3.8) is 0 Å². The van der Waals surface area contributed by atoms with E-state index in [2.05, 4.69) is 16.9 Å². The number of rotatable bonds is 2. The molecule has 0 fully saturated rings. The highest BCUT2D eigenvalue weighted by molar-refractivity contribution is 7.98. The van der Waals surface area contributed by atoms with Crippen molar-refractivity contribution in [3.05, 3.63) is 30.1 Å². The summed E-state index contributed by atoms with van der Waals surface area (Å²) in [6.45, 7) is 2.06. The molecule has 1 aromatic carbocycles. The van der Waals surface area contributed by atoms with Gasteiger partial charge < -0.3 is 4.42 Å². The minimum Gasteiger partial charge on any atom is -0.451 e. The Kier molecular flexibility index (Phi) is 2.52. The molecular weight excluding hydrogens is 232 g/mol. The van der Waals surface area contributed by atoms with Crippen LogP contribution in [0.25, 0.3) is 22.1 Å². The molecule has 86 valence electrons. The molecule has 0 spiro atoms. The normalized spacial score (nSPS) is 11.4. The maximum Gasteiger partial charge on any atom is 0.186 e. The molecule has 2 heterocycles. The van der Waals surface area contributed by atoms with Gasteiger partial charge in [0.05, 0.1) is 0 Å². The molecular formula is C13H12N2OS. The van der Waals surface area contributed by atoms with Gasteiger partial charge in [-0.25, -0.2) is 9.97 Å². The molecule has 17 heavy (non-hydrogen) atoms. The molecule has 0 saturated heterocycles. The van der Waals surface area contributed by atoms with Crippen LogP contribution in [-0.2, 0) is 6.42 Å². The largest absolute Gasteiger partial charge is 0.451 e. The molecule has 0 bridgehead atoms. The Hall–Kier alpha value is -1.55. The van der Waals surface area contributed by atoms with Crippen molar-refractivity contribution in [2.24, 2.45) is 0 Å². The van der Waals surface area contributed by atoms with E-state index < -0.39 is 0 Å². The van der Waals surface area contributed by atoms with Gasteiger partial charge in [0.15, 0.2) is 5.58 Å². The van der Waals surface area contributed by atoms with Crippen molar-refractivity contribution in [2.75, 3.05) is 6.26 Å². The van der Waals surface area contributed by atoms with E-state index in [0.717, 1.165) is 39.3 Å². The van der Waals surface area contributed by atoms with E-state index >= 15 is 0 Å². The van der Waals surface area contributed by atoms with Gasteiger partial charge in [0.1, 0.15) is 22.0 Å². The number of hydrogen-bond acceptors (Lipinski definition) is 4. The molecule has 0 aliphatic rings. The van der Waals surface area contributed by atoms with Gasteiger partial charge in [-0.05, 0) is 18.4 Å². The van der Waals surface area contributed by atoms with Crippen LogP contribution in [0.4, 0.5) is 0 Å².